The van der Waals surface area contributed by atoms with Gasteiger partial charge >= 0.3 is 0 Å². The van der Waals surface area contributed by atoms with Crippen molar-refractivity contribution in [2.24, 2.45) is 0 Å². The molecule has 2 aromatic rings. The highest BCUT2D eigenvalue weighted by Gasteiger charge is 2.13. The molecule has 0 saturated carbocycles. The molecule has 0 unspecified atom stereocenters. The third-order valence-corrected chi connectivity index (χ3v) is 3.26. The van der Waals surface area contributed by atoms with Crippen molar-refractivity contribution in [1.29, 1.82) is 0 Å². The standard InChI is InChI=1S/C19H20O4/c1-4-23-19-17(21-2)12-14(13-18(19)22-3)10-11-16(20)15-8-6-5-7-9-15/h5-13H,4H2,1-3H3. The first-order valence-corrected chi connectivity index (χ1v) is 7.35. The molecule has 23 heavy (non-hydrogen) atoms. The van der Waals surface area contributed by atoms with Gasteiger partial charge in [0.25, 0.3) is 0 Å². The molecule has 0 saturated heterocycles. The average molecular weight is 312 g/mol. The van der Waals surface area contributed by atoms with E-state index in [1.165, 1.54) is 6.08 Å². The van der Waals surface area contributed by atoms with Crippen molar-refractivity contribution in [2.45, 2.75) is 6.92 Å². The van der Waals surface area contributed by atoms with Gasteiger partial charge in [0.1, 0.15) is 0 Å². The highest BCUT2D eigenvalue weighted by molar-refractivity contribution is 6.06. The smallest absolute Gasteiger partial charge is 0.203 e. The van der Waals surface area contributed by atoms with E-state index in [-0.39, 0.29) is 5.78 Å². The van der Waals surface area contributed by atoms with Gasteiger partial charge in [-0.1, -0.05) is 36.4 Å². The summed E-state index contributed by atoms with van der Waals surface area (Å²) in [4.78, 5) is 12.1. The van der Waals surface area contributed by atoms with Gasteiger partial charge in [0.2, 0.25) is 5.75 Å². The van der Waals surface area contributed by atoms with Crippen LogP contribution in [0.3, 0.4) is 0 Å². The molecule has 0 N–H and O–H groups in total. The molecule has 0 aliphatic heterocycles. The molecule has 0 bridgehead atoms. The highest BCUT2D eigenvalue weighted by Crippen LogP contribution is 2.38. The van der Waals surface area contributed by atoms with E-state index in [0.717, 1.165) is 5.56 Å². The van der Waals surface area contributed by atoms with Crippen molar-refractivity contribution >= 4 is 11.9 Å². The van der Waals surface area contributed by atoms with Gasteiger partial charge in [-0.25, -0.2) is 0 Å². The third kappa shape index (κ3) is 4.13. The summed E-state index contributed by atoms with van der Waals surface area (Å²) in [5.41, 5.74) is 1.44. The summed E-state index contributed by atoms with van der Waals surface area (Å²) in [6.07, 6.45) is 3.26. The fourth-order valence-electron chi connectivity index (χ4n) is 2.15. The van der Waals surface area contributed by atoms with Crippen LogP contribution in [-0.2, 0) is 0 Å². The van der Waals surface area contributed by atoms with E-state index in [1.807, 2.05) is 37.3 Å². The van der Waals surface area contributed by atoms with E-state index >= 15 is 0 Å². The van der Waals surface area contributed by atoms with Gasteiger partial charge < -0.3 is 14.2 Å². The van der Waals surface area contributed by atoms with Crippen LogP contribution in [0.4, 0.5) is 0 Å². The molecule has 0 radical (unpaired) electrons. The Morgan fingerprint density at radius 3 is 2.17 bits per heavy atom. The maximum Gasteiger partial charge on any atom is 0.203 e. The Morgan fingerprint density at radius 1 is 1.04 bits per heavy atom. The van der Waals surface area contributed by atoms with Gasteiger partial charge in [0.15, 0.2) is 17.3 Å². The van der Waals surface area contributed by atoms with Gasteiger partial charge in [0.05, 0.1) is 20.8 Å². The lowest BCUT2D eigenvalue weighted by atomic mass is 10.1. The van der Waals surface area contributed by atoms with Crippen molar-refractivity contribution in [3.8, 4) is 17.2 Å². The van der Waals surface area contributed by atoms with Gasteiger partial charge in [-0.05, 0) is 30.7 Å². The Morgan fingerprint density at radius 2 is 1.65 bits per heavy atom. The monoisotopic (exact) mass is 312 g/mol. The van der Waals surface area contributed by atoms with Crippen LogP contribution in [0, 0.1) is 0 Å². The Hall–Kier alpha value is -2.75. The summed E-state index contributed by atoms with van der Waals surface area (Å²) in [6, 6.07) is 12.7. The third-order valence-electron chi connectivity index (χ3n) is 3.26. The maximum atomic E-state index is 12.1. The zero-order chi connectivity index (χ0) is 16.7. The fraction of sp³-hybridized carbons (Fsp3) is 0.211. The molecule has 2 rings (SSSR count). The summed E-state index contributed by atoms with van der Waals surface area (Å²) in [5, 5.41) is 0. The van der Waals surface area contributed by atoms with E-state index in [0.29, 0.717) is 29.4 Å². The second-order valence-corrected chi connectivity index (χ2v) is 4.75. The van der Waals surface area contributed by atoms with Gasteiger partial charge in [-0.3, -0.25) is 4.79 Å². The fourth-order valence-corrected chi connectivity index (χ4v) is 2.15. The van der Waals surface area contributed by atoms with Crippen LogP contribution in [0.2, 0.25) is 0 Å². The predicted molar refractivity (Wildman–Crippen MR) is 90.5 cm³/mol. The molecule has 0 atom stereocenters. The maximum absolute atomic E-state index is 12.1. The van der Waals surface area contributed by atoms with Crippen LogP contribution in [0.1, 0.15) is 22.8 Å². The first kappa shape index (κ1) is 16.6. The second kappa shape index (κ2) is 8.03. The molecule has 0 aliphatic carbocycles. The van der Waals surface area contributed by atoms with Crippen LogP contribution in [-0.4, -0.2) is 26.6 Å². The summed E-state index contributed by atoms with van der Waals surface area (Å²) in [7, 11) is 3.14. The van der Waals surface area contributed by atoms with Crippen molar-refractivity contribution in [3.05, 3.63) is 59.7 Å². The summed E-state index contributed by atoms with van der Waals surface area (Å²) < 4.78 is 16.3. The van der Waals surface area contributed by atoms with E-state index in [1.54, 1.807) is 32.4 Å². The predicted octanol–water partition coefficient (Wildman–Crippen LogP) is 4.00. The highest BCUT2D eigenvalue weighted by atomic mass is 16.5. The molecule has 0 amide bonds. The van der Waals surface area contributed by atoms with E-state index in [4.69, 9.17) is 14.2 Å². The molecule has 0 aliphatic rings. The topological polar surface area (TPSA) is 44.8 Å². The van der Waals surface area contributed by atoms with Crippen LogP contribution in [0.15, 0.2) is 48.5 Å². The molecule has 0 spiro atoms. The molecule has 4 nitrogen and oxygen atoms in total. The Bertz CT molecular complexity index is 665. The molecule has 0 fully saturated rings. The number of ketones is 1. The Kier molecular flexibility index (Phi) is 5.80. The molecule has 120 valence electrons. The lowest BCUT2D eigenvalue weighted by Gasteiger charge is -2.14. The van der Waals surface area contributed by atoms with Crippen molar-refractivity contribution in [2.75, 3.05) is 20.8 Å². The number of methoxy groups -OCH3 is 2. The molecule has 0 heterocycles. The number of hydrogen-bond donors (Lipinski definition) is 0. The van der Waals surface area contributed by atoms with Crippen molar-refractivity contribution < 1.29 is 19.0 Å². The lowest BCUT2D eigenvalue weighted by Crippen LogP contribution is -1.99. The molecule has 2 aromatic carbocycles. The zero-order valence-electron chi connectivity index (χ0n) is 13.5. The first-order chi connectivity index (χ1) is 11.2. The molecular formula is C19H20O4. The second-order valence-electron chi connectivity index (χ2n) is 4.75. The summed E-state index contributed by atoms with van der Waals surface area (Å²) in [5.74, 6) is 1.64. The Balaban J connectivity index is 2.29. The van der Waals surface area contributed by atoms with E-state index < -0.39 is 0 Å². The van der Waals surface area contributed by atoms with Crippen molar-refractivity contribution in [1.82, 2.24) is 0 Å². The minimum atomic E-state index is -0.0579. The quantitative estimate of drug-likeness (QED) is 0.572. The largest absolute Gasteiger partial charge is 0.493 e. The lowest BCUT2D eigenvalue weighted by molar-refractivity contribution is 0.104. The van der Waals surface area contributed by atoms with Gasteiger partial charge in [-0.15, -0.1) is 0 Å². The van der Waals surface area contributed by atoms with Crippen LogP contribution >= 0.6 is 0 Å². The number of carbonyl (C=O) groups excluding carboxylic acids is 1. The van der Waals surface area contributed by atoms with Gasteiger partial charge in [0, 0.05) is 5.56 Å². The number of benzene rings is 2. The molecule has 0 aromatic heterocycles. The SMILES string of the molecule is CCOc1c(OC)cc(C=CC(=O)c2ccccc2)cc1OC. The molecule has 4 heteroatoms. The normalized spacial score (nSPS) is 10.6. The van der Waals surface area contributed by atoms with E-state index in [9.17, 15) is 4.79 Å². The number of carbonyl (C=O) groups is 1. The van der Waals surface area contributed by atoms with Gasteiger partial charge in [-0.2, -0.15) is 0 Å². The van der Waals surface area contributed by atoms with E-state index in [2.05, 4.69) is 0 Å². The number of hydrogen-bond acceptors (Lipinski definition) is 4. The number of allylic oxidation sites excluding steroid dienone is 1. The van der Waals surface area contributed by atoms with Crippen LogP contribution < -0.4 is 14.2 Å². The van der Waals surface area contributed by atoms with Crippen molar-refractivity contribution in [3.63, 3.8) is 0 Å². The zero-order valence-corrected chi connectivity index (χ0v) is 13.5. The average Bonchev–Trinajstić information content (AvgIpc) is 2.61. The first-order valence-electron chi connectivity index (χ1n) is 7.35. The number of rotatable bonds is 7. The molecular weight excluding hydrogens is 292 g/mol. The summed E-state index contributed by atoms with van der Waals surface area (Å²) in [6.45, 7) is 2.40. The van der Waals surface area contributed by atoms with Crippen LogP contribution in [0.25, 0.3) is 6.08 Å². The minimum absolute atomic E-state index is 0.0579. The number of ether oxygens (including phenoxy) is 3. The van der Waals surface area contributed by atoms with Crippen LogP contribution in [0.5, 0.6) is 17.2 Å². The summed E-state index contributed by atoms with van der Waals surface area (Å²) >= 11 is 0. The Labute approximate surface area is 136 Å². The minimum Gasteiger partial charge on any atom is -0.493 e.